The molecule has 0 aromatic carbocycles. The number of nitrogens with zero attached hydrogens (tertiary/aromatic N) is 1. The Morgan fingerprint density at radius 1 is 1.29 bits per heavy atom. The third-order valence-electron chi connectivity index (χ3n) is 6.83. The summed E-state index contributed by atoms with van der Waals surface area (Å²) in [6, 6.07) is 0. The second-order valence-corrected chi connectivity index (χ2v) is 9.25. The number of hydrogen-bond donors (Lipinski definition) is 2. The Hall–Kier alpha value is -1.85. The highest BCUT2D eigenvalue weighted by Gasteiger charge is 2.32. The van der Waals surface area contributed by atoms with Gasteiger partial charge in [0.25, 0.3) is 5.91 Å². The van der Waals surface area contributed by atoms with E-state index < -0.39 is 6.23 Å². The zero-order valence-corrected chi connectivity index (χ0v) is 19.6. The van der Waals surface area contributed by atoms with E-state index in [0.717, 1.165) is 57.9 Å². The molecule has 0 aromatic rings. The maximum atomic E-state index is 13.0. The van der Waals surface area contributed by atoms with Crippen molar-refractivity contribution in [2.75, 3.05) is 20.2 Å². The van der Waals surface area contributed by atoms with Crippen molar-refractivity contribution in [2.24, 2.45) is 0 Å². The molecule has 31 heavy (non-hydrogen) atoms. The number of amides is 1. The van der Waals surface area contributed by atoms with E-state index in [1.165, 1.54) is 29.7 Å². The van der Waals surface area contributed by atoms with Gasteiger partial charge in [0.2, 0.25) is 0 Å². The highest BCUT2D eigenvalue weighted by molar-refractivity contribution is 5.95. The molecule has 0 bridgehead atoms. The molecule has 0 radical (unpaired) electrons. The van der Waals surface area contributed by atoms with Crippen LogP contribution in [0.15, 0.2) is 46.7 Å². The number of carbonyl (C=O) groups excluding carboxylic acids is 1. The Bertz CT molecular complexity index is 765. The van der Waals surface area contributed by atoms with Gasteiger partial charge in [-0.1, -0.05) is 50.0 Å². The fourth-order valence-electron chi connectivity index (χ4n) is 4.61. The molecule has 0 saturated heterocycles. The van der Waals surface area contributed by atoms with E-state index in [0.29, 0.717) is 12.1 Å². The van der Waals surface area contributed by atoms with Crippen molar-refractivity contribution in [3.63, 3.8) is 0 Å². The first-order chi connectivity index (χ1) is 15.0. The minimum atomic E-state index is -0.846. The van der Waals surface area contributed by atoms with E-state index in [1.54, 1.807) is 7.11 Å². The number of aliphatic hydroxyl groups is 1. The third-order valence-corrected chi connectivity index (χ3v) is 6.83. The molecule has 5 nitrogen and oxygen atoms in total. The van der Waals surface area contributed by atoms with Crippen molar-refractivity contribution in [3.8, 4) is 0 Å². The van der Waals surface area contributed by atoms with Gasteiger partial charge in [-0.15, -0.1) is 0 Å². The molecule has 1 unspecified atom stereocenters. The van der Waals surface area contributed by atoms with Crippen molar-refractivity contribution in [1.29, 1.82) is 0 Å². The minimum Gasteiger partial charge on any atom is -0.374 e. The van der Waals surface area contributed by atoms with Crippen LogP contribution in [-0.4, -0.2) is 47.9 Å². The topological polar surface area (TPSA) is 61.8 Å². The molecule has 1 amide bonds. The predicted molar refractivity (Wildman–Crippen MR) is 125 cm³/mol. The SMILES string of the molecule is CCCCN1C2=C(C=C(C(=O)NCCC3=CC[C@@](C)(OC)C=C3)C1O)CCCCCC2. The summed E-state index contributed by atoms with van der Waals surface area (Å²) in [5.41, 5.74) is 3.99. The quantitative estimate of drug-likeness (QED) is 0.585. The highest BCUT2D eigenvalue weighted by Crippen LogP contribution is 2.34. The molecular weight excluding hydrogens is 388 g/mol. The molecule has 1 aliphatic heterocycles. The van der Waals surface area contributed by atoms with Crippen LogP contribution in [0.5, 0.6) is 0 Å². The lowest BCUT2D eigenvalue weighted by atomic mass is 9.91. The van der Waals surface area contributed by atoms with Gasteiger partial charge in [0, 0.05) is 25.9 Å². The summed E-state index contributed by atoms with van der Waals surface area (Å²) >= 11 is 0. The normalized spacial score (nSPS) is 26.6. The Morgan fingerprint density at radius 2 is 2.06 bits per heavy atom. The van der Waals surface area contributed by atoms with Crippen molar-refractivity contribution in [1.82, 2.24) is 10.2 Å². The van der Waals surface area contributed by atoms with Gasteiger partial charge in [-0.05, 0) is 63.5 Å². The van der Waals surface area contributed by atoms with Gasteiger partial charge >= 0.3 is 0 Å². The van der Waals surface area contributed by atoms with Crippen LogP contribution in [0.4, 0.5) is 0 Å². The minimum absolute atomic E-state index is 0.148. The summed E-state index contributed by atoms with van der Waals surface area (Å²) in [6.45, 7) is 5.59. The number of hydrogen-bond acceptors (Lipinski definition) is 4. The van der Waals surface area contributed by atoms with E-state index in [1.807, 2.05) is 6.08 Å². The first-order valence-corrected chi connectivity index (χ1v) is 12.1. The first kappa shape index (κ1) is 23.8. The van der Waals surface area contributed by atoms with E-state index in [9.17, 15) is 9.90 Å². The Balaban J connectivity index is 1.65. The molecule has 1 heterocycles. The van der Waals surface area contributed by atoms with Gasteiger partial charge in [0.15, 0.2) is 6.23 Å². The Kier molecular flexibility index (Phi) is 8.56. The molecule has 0 spiro atoms. The molecule has 5 heteroatoms. The van der Waals surface area contributed by atoms with Gasteiger partial charge in [0.05, 0.1) is 11.2 Å². The lowest BCUT2D eigenvalue weighted by Crippen LogP contribution is -2.44. The van der Waals surface area contributed by atoms with Crippen LogP contribution >= 0.6 is 0 Å². The van der Waals surface area contributed by atoms with Crippen LogP contribution in [0.1, 0.15) is 78.1 Å². The second-order valence-electron chi connectivity index (χ2n) is 9.25. The summed E-state index contributed by atoms with van der Waals surface area (Å²) in [7, 11) is 1.73. The number of unbranched alkanes of at least 4 members (excludes halogenated alkanes) is 1. The van der Waals surface area contributed by atoms with E-state index in [4.69, 9.17) is 4.74 Å². The van der Waals surface area contributed by atoms with E-state index in [-0.39, 0.29) is 11.5 Å². The maximum Gasteiger partial charge on any atom is 0.251 e. The average Bonchev–Trinajstić information content (AvgIpc) is 2.75. The largest absolute Gasteiger partial charge is 0.374 e. The number of aliphatic hydroxyl groups excluding tert-OH is 1. The molecule has 2 atom stereocenters. The molecule has 0 saturated carbocycles. The smallest absolute Gasteiger partial charge is 0.251 e. The van der Waals surface area contributed by atoms with Crippen LogP contribution < -0.4 is 5.32 Å². The lowest BCUT2D eigenvalue weighted by molar-refractivity contribution is -0.119. The molecule has 2 aliphatic carbocycles. The van der Waals surface area contributed by atoms with Crippen molar-refractivity contribution in [3.05, 3.63) is 46.7 Å². The Morgan fingerprint density at radius 3 is 2.74 bits per heavy atom. The zero-order valence-electron chi connectivity index (χ0n) is 19.6. The molecule has 2 N–H and O–H groups in total. The van der Waals surface area contributed by atoms with Crippen LogP contribution in [0, 0.1) is 0 Å². The van der Waals surface area contributed by atoms with Crippen LogP contribution in [0.25, 0.3) is 0 Å². The van der Waals surface area contributed by atoms with Gasteiger partial charge < -0.3 is 20.1 Å². The fraction of sp³-hybridized carbons (Fsp3) is 0.654. The van der Waals surface area contributed by atoms with Gasteiger partial charge in [-0.2, -0.15) is 0 Å². The van der Waals surface area contributed by atoms with Crippen LogP contribution in [0.2, 0.25) is 0 Å². The molecule has 0 fully saturated rings. The number of allylic oxidation sites excluding steroid dienone is 4. The fourth-order valence-corrected chi connectivity index (χ4v) is 4.61. The Labute approximate surface area is 187 Å². The summed E-state index contributed by atoms with van der Waals surface area (Å²) in [5, 5.41) is 14.1. The third kappa shape index (κ3) is 6.11. The molecular formula is C26H40N2O3. The number of ether oxygens (including phenoxy) is 1. The molecule has 172 valence electrons. The summed E-state index contributed by atoms with van der Waals surface area (Å²) < 4.78 is 5.51. The number of methoxy groups -OCH3 is 1. The molecule has 0 aromatic heterocycles. The van der Waals surface area contributed by atoms with Crippen molar-refractivity contribution >= 4 is 5.91 Å². The number of rotatable bonds is 8. The summed E-state index contributed by atoms with van der Waals surface area (Å²) in [4.78, 5) is 15.1. The predicted octanol–water partition coefficient (Wildman–Crippen LogP) is 4.75. The average molecular weight is 429 g/mol. The van der Waals surface area contributed by atoms with Gasteiger partial charge in [-0.3, -0.25) is 4.79 Å². The number of carbonyl (C=O) groups is 1. The highest BCUT2D eigenvalue weighted by atomic mass is 16.5. The second kappa shape index (κ2) is 11.1. The summed E-state index contributed by atoms with van der Waals surface area (Å²) in [6.07, 6.45) is 18.0. The number of nitrogens with one attached hydrogen (secondary N) is 1. The van der Waals surface area contributed by atoms with Crippen molar-refractivity contribution in [2.45, 2.75) is 89.9 Å². The molecule has 3 aliphatic rings. The van der Waals surface area contributed by atoms with Gasteiger partial charge in [0.1, 0.15) is 0 Å². The maximum absolute atomic E-state index is 13.0. The van der Waals surface area contributed by atoms with Crippen LogP contribution in [-0.2, 0) is 9.53 Å². The van der Waals surface area contributed by atoms with Crippen molar-refractivity contribution < 1.29 is 14.6 Å². The monoisotopic (exact) mass is 428 g/mol. The summed E-state index contributed by atoms with van der Waals surface area (Å²) in [5.74, 6) is -0.148. The first-order valence-electron chi connectivity index (χ1n) is 12.1. The molecule has 3 rings (SSSR count). The standard InChI is InChI=1S/C26H40N2O3/c1-4-5-18-28-23-11-9-7-6-8-10-21(23)19-22(25(28)30)24(29)27-17-14-20-12-15-26(2,31-3)16-13-20/h12-13,15,19,25,30H,4-11,14,16-18H2,1-3H3,(H,27,29)/t25?,26-/m0/s1. The van der Waals surface area contributed by atoms with E-state index >= 15 is 0 Å². The zero-order chi connectivity index (χ0) is 22.3. The van der Waals surface area contributed by atoms with Crippen LogP contribution in [0.3, 0.4) is 0 Å². The van der Waals surface area contributed by atoms with Gasteiger partial charge in [-0.25, -0.2) is 0 Å². The van der Waals surface area contributed by atoms with E-state index in [2.05, 4.69) is 42.3 Å². The lowest BCUT2D eigenvalue weighted by Gasteiger charge is -2.38.